The molecule has 2 aromatic heterocycles. The molecule has 3 aromatic rings. The smallest absolute Gasteiger partial charge is 0.378 e. The summed E-state index contributed by atoms with van der Waals surface area (Å²) in [6, 6.07) is 3.84. The number of aromatic nitrogens is 4. The Bertz CT molecular complexity index is 1270. The monoisotopic (exact) mass is 507 g/mol. The summed E-state index contributed by atoms with van der Waals surface area (Å²) in [5.41, 5.74) is 2.17. The Morgan fingerprint density at radius 2 is 2.14 bits per heavy atom. The number of aromatic amines is 1. The first-order valence-electron chi connectivity index (χ1n) is 11.5. The van der Waals surface area contributed by atoms with Crippen molar-refractivity contribution in [2.24, 2.45) is 0 Å². The van der Waals surface area contributed by atoms with Crippen LogP contribution in [-0.4, -0.2) is 69.6 Å². The van der Waals surface area contributed by atoms with Gasteiger partial charge in [0.05, 0.1) is 23.6 Å². The van der Waals surface area contributed by atoms with Crippen LogP contribution in [0.1, 0.15) is 58.8 Å². The van der Waals surface area contributed by atoms with E-state index in [1.54, 1.807) is 23.1 Å². The first-order chi connectivity index (χ1) is 17.2. The van der Waals surface area contributed by atoms with Crippen molar-refractivity contribution in [2.75, 3.05) is 20.2 Å². The molecule has 5 rings (SSSR count). The molecule has 2 unspecified atom stereocenters. The van der Waals surface area contributed by atoms with Crippen molar-refractivity contribution in [3.8, 4) is 0 Å². The summed E-state index contributed by atoms with van der Waals surface area (Å²) in [6.45, 7) is 1.51. The highest BCUT2D eigenvalue weighted by Gasteiger charge is 2.40. The van der Waals surface area contributed by atoms with Gasteiger partial charge in [0.1, 0.15) is 17.6 Å². The molecule has 14 heteroatoms. The van der Waals surface area contributed by atoms with E-state index in [1.165, 1.54) is 0 Å². The Balaban J connectivity index is 1.44. The highest BCUT2D eigenvalue weighted by molar-refractivity contribution is 5.93. The lowest BCUT2D eigenvalue weighted by Gasteiger charge is -2.26. The number of methoxy groups -OCH3 is 1. The lowest BCUT2D eigenvalue weighted by atomic mass is 10.1. The number of rotatable bonds is 9. The lowest BCUT2D eigenvalue weighted by molar-refractivity contribution is -0.161. The highest BCUT2D eigenvalue weighted by atomic mass is 19.4. The van der Waals surface area contributed by atoms with E-state index in [0.29, 0.717) is 36.4 Å². The van der Waals surface area contributed by atoms with Crippen LogP contribution in [0.4, 0.5) is 18.0 Å². The largest absolute Gasteiger partial charge is 0.391 e. The fraction of sp³-hybridized carbons (Fsp3) is 0.500. The van der Waals surface area contributed by atoms with E-state index < -0.39 is 30.7 Å². The minimum absolute atomic E-state index is 0.0474. The molecule has 0 spiro atoms. The third kappa shape index (κ3) is 5.12. The number of amides is 3. The van der Waals surface area contributed by atoms with Crippen LogP contribution >= 0.6 is 0 Å². The molecule has 192 valence electrons. The molecule has 0 radical (unpaired) electrons. The average molecular weight is 507 g/mol. The van der Waals surface area contributed by atoms with E-state index in [1.807, 2.05) is 0 Å². The van der Waals surface area contributed by atoms with Crippen molar-refractivity contribution in [2.45, 2.75) is 50.0 Å². The van der Waals surface area contributed by atoms with Gasteiger partial charge in [-0.05, 0) is 35.7 Å². The standard InChI is InChI=1S/C22H24F3N7O4/c1-35-15(9-22(23,24)25)17(29-20(33)18-16(12-3-4-12)30-36-31-18)19-27-13-5-2-11(8-14(13)28-19)10-32-7-6-26-21(32)34/h2,5,8,12,15,17H,3-4,6-7,9-10H2,1H3,(H,26,34)(H,27,28)(H,29,33). The lowest BCUT2D eigenvalue weighted by Crippen LogP contribution is -2.40. The summed E-state index contributed by atoms with van der Waals surface area (Å²) in [6.07, 6.45) is -5.66. The number of hydrogen-bond donors (Lipinski definition) is 3. The van der Waals surface area contributed by atoms with Crippen molar-refractivity contribution >= 4 is 23.0 Å². The number of benzene rings is 1. The third-order valence-corrected chi connectivity index (χ3v) is 6.26. The SMILES string of the molecule is COC(CC(F)(F)F)C(NC(=O)c1nonc1C1CC1)c1nc2ccc(CN3CCNC3=O)cc2[nH]1. The number of imidazole rings is 1. The van der Waals surface area contributed by atoms with Gasteiger partial charge in [-0.1, -0.05) is 11.2 Å². The molecule has 2 atom stereocenters. The number of carbonyl (C=O) groups excluding carboxylic acids is 2. The molecule has 36 heavy (non-hydrogen) atoms. The molecule has 3 heterocycles. The van der Waals surface area contributed by atoms with Gasteiger partial charge in [-0.3, -0.25) is 4.79 Å². The van der Waals surface area contributed by atoms with E-state index in [2.05, 4.69) is 30.9 Å². The second-order valence-corrected chi connectivity index (χ2v) is 8.94. The summed E-state index contributed by atoms with van der Waals surface area (Å²) in [7, 11) is 1.14. The minimum Gasteiger partial charge on any atom is -0.378 e. The van der Waals surface area contributed by atoms with Gasteiger partial charge in [0, 0.05) is 32.7 Å². The van der Waals surface area contributed by atoms with Crippen LogP contribution in [0.15, 0.2) is 22.8 Å². The van der Waals surface area contributed by atoms with Crippen LogP contribution in [0.3, 0.4) is 0 Å². The molecule has 3 N–H and O–H groups in total. The van der Waals surface area contributed by atoms with E-state index >= 15 is 0 Å². The average Bonchev–Trinajstić information content (AvgIpc) is 3.21. The molecule has 1 aliphatic heterocycles. The zero-order valence-electron chi connectivity index (χ0n) is 19.3. The molecule has 1 saturated heterocycles. The number of carbonyl (C=O) groups is 2. The predicted octanol–water partition coefficient (Wildman–Crippen LogP) is 2.79. The number of H-pyrrole nitrogens is 1. The van der Waals surface area contributed by atoms with Gasteiger partial charge in [0.15, 0.2) is 5.69 Å². The van der Waals surface area contributed by atoms with Gasteiger partial charge in [-0.15, -0.1) is 0 Å². The fourth-order valence-electron chi connectivity index (χ4n) is 4.29. The van der Waals surface area contributed by atoms with Crippen molar-refractivity contribution < 1.29 is 32.1 Å². The zero-order chi connectivity index (χ0) is 25.4. The summed E-state index contributed by atoms with van der Waals surface area (Å²) in [4.78, 5) is 34.0. The summed E-state index contributed by atoms with van der Waals surface area (Å²) in [5, 5.41) is 12.8. The molecule has 1 saturated carbocycles. The van der Waals surface area contributed by atoms with Crippen molar-refractivity contribution in [3.05, 3.63) is 41.0 Å². The Labute approximate surface area is 202 Å². The van der Waals surface area contributed by atoms with Crippen LogP contribution in [0, 0.1) is 0 Å². The fourth-order valence-corrected chi connectivity index (χ4v) is 4.29. The topological polar surface area (TPSA) is 138 Å². The Morgan fingerprint density at radius 1 is 1.33 bits per heavy atom. The molecule has 3 amide bonds. The number of halogens is 3. The molecular formula is C22H24F3N7O4. The zero-order valence-corrected chi connectivity index (χ0v) is 19.3. The van der Waals surface area contributed by atoms with E-state index in [4.69, 9.17) is 9.37 Å². The second-order valence-electron chi connectivity index (χ2n) is 8.94. The van der Waals surface area contributed by atoms with Crippen molar-refractivity contribution in [1.82, 2.24) is 35.8 Å². The first kappa shape index (κ1) is 24.0. The van der Waals surface area contributed by atoms with E-state index in [9.17, 15) is 22.8 Å². The van der Waals surface area contributed by atoms with E-state index in [0.717, 1.165) is 25.5 Å². The Morgan fingerprint density at radius 3 is 2.81 bits per heavy atom. The third-order valence-electron chi connectivity index (χ3n) is 6.26. The van der Waals surface area contributed by atoms with E-state index in [-0.39, 0.29) is 23.5 Å². The molecule has 1 aliphatic carbocycles. The highest BCUT2D eigenvalue weighted by Crippen LogP contribution is 2.40. The molecule has 2 aliphatic rings. The van der Waals surface area contributed by atoms with Gasteiger partial charge in [-0.2, -0.15) is 13.2 Å². The normalized spacial score (nSPS) is 17.9. The summed E-state index contributed by atoms with van der Waals surface area (Å²) in [5.74, 6) is -0.588. The number of hydrogen-bond acceptors (Lipinski definition) is 7. The summed E-state index contributed by atoms with van der Waals surface area (Å²) < 4.78 is 49.9. The number of fused-ring (bicyclic) bond motifs is 1. The maximum absolute atomic E-state index is 13.3. The minimum atomic E-state index is -4.55. The van der Waals surface area contributed by atoms with Crippen LogP contribution in [0.2, 0.25) is 0 Å². The van der Waals surface area contributed by atoms with Crippen LogP contribution in [0.25, 0.3) is 11.0 Å². The molecule has 11 nitrogen and oxygen atoms in total. The first-order valence-corrected chi connectivity index (χ1v) is 11.5. The van der Waals surface area contributed by atoms with Crippen LogP contribution < -0.4 is 10.6 Å². The van der Waals surface area contributed by atoms with Gasteiger partial charge in [0.25, 0.3) is 5.91 Å². The molecule has 0 bridgehead atoms. The number of nitrogens with one attached hydrogen (secondary N) is 3. The van der Waals surface area contributed by atoms with Crippen LogP contribution in [-0.2, 0) is 11.3 Å². The summed E-state index contributed by atoms with van der Waals surface area (Å²) >= 11 is 0. The van der Waals surface area contributed by atoms with Gasteiger partial charge < -0.3 is 25.3 Å². The molecular weight excluding hydrogens is 483 g/mol. The second kappa shape index (κ2) is 9.41. The number of urea groups is 1. The number of alkyl halides is 3. The molecule has 2 fully saturated rings. The van der Waals surface area contributed by atoms with Gasteiger partial charge in [0.2, 0.25) is 0 Å². The quantitative estimate of drug-likeness (QED) is 0.405. The van der Waals surface area contributed by atoms with Crippen LogP contribution in [0.5, 0.6) is 0 Å². The van der Waals surface area contributed by atoms with Crippen molar-refractivity contribution in [3.63, 3.8) is 0 Å². The molecule has 1 aromatic carbocycles. The van der Waals surface area contributed by atoms with Gasteiger partial charge >= 0.3 is 12.2 Å². The maximum Gasteiger partial charge on any atom is 0.391 e. The van der Waals surface area contributed by atoms with Crippen molar-refractivity contribution in [1.29, 1.82) is 0 Å². The Hall–Kier alpha value is -3.68. The number of nitrogens with zero attached hydrogens (tertiary/aromatic N) is 4. The number of ether oxygens (including phenoxy) is 1. The predicted molar refractivity (Wildman–Crippen MR) is 118 cm³/mol. The van der Waals surface area contributed by atoms with Gasteiger partial charge in [-0.25, -0.2) is 14.4 Å². The maximum atomic E-state index is 13.3. The Kier molecular flexibility index (Phi) is 6.28.